The SMILES string of the molecule is CC1(C)[C@H]2CCC(COCC(=O)O)[C@@H]1C2. The van der Waals surface area contributed by atoms with Gasteiger partial charge in [0.1, 0.15) is 6.61 Å². The Labute approximate surface area is 90.8 Å². The van der Waals surface area contributed by atoms with Crippen molar-refractivity contribution >= 4 is 5.97 Å². The number of carboxylic acid groups (broad SMARTS) is 1. The summed E-state index contributed by atoms with van der Waals surface area (Å²) in [7, 11) is 0. The molecule has 0 aliphatic heterocycles. The second kappa shape index (κ2) is 3.78. The number of ether oxygens (including phenoxy) is 1. The summed E-state index contributed by atoms with van der Waals surface area (Å²) in [5.41, 5.74) is 0.468. The van der Waals surface area contributed by atoms with Crippen LogP contribution in [-0.2, 0) is 9.53 Å². The lowest BCUT2D eigenvalue weighted by atomic mass is 9.46. The summed E-state index contributed by atoms with van der Waals surface area (Å²) in [5.74, 6) is 1.38. The predicted molar refractivity (Wildman–Crippen MR) is 56.6 cm³/mol. The van der Waals surface area contributed by atoms with E-state index in [0.717, 1.165) is 11.8 Å². The summed E-state index contributed by atoms with van der Waals surface area (Å²) in [6, 6.07) is 0. The van der Waals surface area contributed by atoms with Crippen molar-refractivity contribution in [1.82, 2.24) is 0 Å². The first-order valence-electron chi connectivity index (χ1n) is 5.81. The normalized spacial score (nSPS) is 37.1. The van der Waals surface area contributed by atoms with Crippen molar-refractivity contribution < 1.29 is 14.6 Å². The van der Waals surface area contributed by atoms with Crippen molar-refractivity contribution in [2.24, 2.45) is 23.2 Å². The van der Waals surface area contributed by atoms with Gasteiger partial charge in [0.05, 0.1) is 6.61 Å². The molecule has 0 amide bonds. The van der Waals surface area contributed by atoms with Crippen LogP contribution in [0.15, 0.2) is 0 Å². The van der Waals surface area contributed by atoms with Crippen molar-refractivity contribution in [3.63, 3.8) is 0 Å². The lowest BCUT2D eigenvalue weighted by Gasteiger charge is -2.60. The zero-order valence-corrected chi connectivity index (χ0v) is 9.53. The molecule has 3 saturated carbocycles. The minimum atomic E-state index is -0.864. The molecule has 3 atom stereocenters. The highest BCUT2D eigenvalue weighted by molar-refractivity contribution is 5.67. The quantitative estimate of drug-likeness (QED) is 0.776. The van der Waals surface area contributed by atoms with Gasteiger partial charge in [-0.1, -0.05) is 13.8 Å². The Kier molecular flexibility index (Phi) is 2.75. The standard InChI is InChI=1S/C12H20O3/c1-12(2)9-4-3-8(10(12)5-9)6-15-7-11(13)14/h8-10H,3-7H2,1-2H3,(H,13,14)/t8?,9-,10-/m0/s1. The third kappa shape index (κ3) is 1.89. The Bertz CT molecular complexity index is 258. The Hall–Kier alpha value is -0.570. The summed E-state index contributed by atoms with van der Waals surface area (Å²) in [4.78, 5) is 10.3. The van der Waals surface area contributed by atoms with E-state index in [2.05, 4.69) is 13.8 Å². The van der Waals surface area contributed by atoms with Crippen molar-refractivity contribution in [3.05, 3.63) is 0 Å². The van der Waals surface area contributed by atoms with Crippen molar-refractivity contribution in [3.8, 4) is 0 Å². The molecule has 3 aliphatic carbocycles. The van der Waals surface area contributed by atoms with E-state index in [-0.39, 0.29) is 6.61 Å². The zero-order valence-electron chi connectivity index (χ0n) is 9.53. The molecule has 86 valence electrons. The maximum atomic E-state index is 10.3. The first kappa shape index (κ1) is 10.9. The molecule has 1 unspecified atom stereocenters. The third-order valence-corrected chi connectivity index (χ3v) is 4.56. The first-order valence-corrected chi connectivity index (χ1v) is 5.81. The average molecular weight is 212 g/mol. The second-order valence-electron chi connectivity index (χ2n) is 5.61. The van der Waals surface area contributed by atoms with Crippen LogP contribution >= 0.6 is 0 Å². The molecule has 3 nitrogen and oxygen atoms in total. The molecule has 0 heterocycles. The van der Waals surface area contributed by atoms with Crippen LogP contribution in [0.3, 0.4) is 0 Å². The Morgan fingerprint density at radius 3 is 2.73 bits per heavy atom. The van der Waals surface area contributed by atoms with Crippen LogP contribution in [0.5, 0.6) is 0 Å². The summed E-state index contributed by atoms with van der Waals surface area (Å²) >= 11 is 0. The molecule has 1 N–H and O–H groups in total. The van der Waals surface area contributed by atoms with Crippen molar-refractivity contribution in [2.75, 3.05) is 13.2 Å². The smallest absolute Gasteiger partial charge is 0.329 e. The first-order chi connectivity index (χ1) is 7.01. The Morgan fingerprint density at radius 1 is 1.47 bits per heavy atom. The molecule has 0 saturated heterocycles. The van der Waals surface area contributed by atoms with Crippen LogP contribution in [0.25, 0.3) is 0 Å². The zero-order chi connectivity index (χ0) is 11.1. The predicted octanol–water partition coefficient (Wildman–Crippen LogP) is 2.16. The topological polar surface area (TPSA) is 46.5 Å². The molecule has 15 heavy (non-hydrogen) atoms. The molecule has 3 heteroatoms. The van der Waals surface area contributed by atoms with Crippen LogP contribution < -0.4 is 0 Å². The lowest BCUT2D eigenvalue weighted by Crippen LogP contribution is -2.53. The largest absolute Gasteiger partial charge is 0.480 e. The van der Waals surface area contributed by atoms with Crippen LogP contribution in [0.2, 0.25) is 0 Å². The van der Waals surface area contributed by atoms with E-state index in [9.17, 15) is 4.79 Å². The van der Waals surface area contributed by atoms with E-state index in [1.54, 1.807) is 0 Å². The fourth-order valence-electron chi connectivity index (χ4n) is 3.46. The summed E-state index contributed by atoms with van der Waals surface area (Å²) < 4.78 is 5.22. The molecule has 0 aromatic heterocycles. The summed E-state index contributed by atoms with van der Waals surface area (Å²) in [6.07, 6.45) is 3.84. The van der Waals surface area contributed by atoms with Gasteiger partial charge in [0, 0.05) is 0 Å². The fraction of sp³-hybridized carbons (Fsp3) is 0.917. The van der Waals surface area contributed by atoms with E-state index in [1.807, 2.05) is 0 Å². The van der Waals surface area contributed by atoms with Gasteiger partial charge in [-0.3, -0.25) is 0 Å². The number of rotatable bonds is 4. The van der Waals surface area contributed by atoms with Crippen LogP contribution in [0.4, 0.5) is 0 Å². The maximum Gasteiger partial charge on any atom is 0.329 e. The Morgan fingerprint density at radius 2 is 2.20 bits per heavy atom. The molecule has 2 bridgehead atoms. The number of carboxylic acids is 1. The molecule has 3 aliphatic rings. The van der Waals surface area contributed by atoms with Gasteiger partial charge in [0.2, 0.25) is 0 Å². The highest BCUT2D eigenvalue weighted by Gasteiger charge is 2.53. The number of hydrogen-bond acceptors (Lipinski definition) is 2. The molecule has 3 fully saturated rings. The van der Waals surface area contributed by atoms with Gasteiger partial charge in [-0.15, -0.1) is 0 Å². The minimum absolute atomic E-state index is 0.146. The van der Waals surface area contributed by atoms with Crippen LogP contribution in [0.1, 0.15) is 33.1 Å². The van der Waals surface area contributed by atoms with Crippen LogP contribution in [-0.4, -0.2) is 24.3 Å². The van der Waals surface area contributed by atoms with Crippen molar-refractivity contribution in [2.45, 2.75) is 33.1 Å². The monoisotopic (exact) mass is 212 g/mol. The third-order valence-electron chi connectivity index (χ3n) is 4.56. The maximum absolute atomic E-state index is 10.3. The molecular weight excluding hydrogens is 192 g/mol. The van der Waals surface area contributed by atoms with E-state index in [4.69, 9.17) is 9.84 Å². The van der Waals surface area contributed by atoms with Crippen LogP contribution in [0, 0.1) is 23.2 Å². The fourth-order valence-corrected chi connectivity index (χ4v) is 3.46. The molecule has 3 rings (SSSR count). The van der Waals surface area contributed by atoms with Gasteiger partial charge in [-0.2, -0.15) is 0 Å². The van der Waals surface area contributed by atoms with Crippen molar-refractivity contribution in [1.29, 1.82) is 0 Å². The van der Waals surface area contributed by atoms with E-state index in [0.29, 0.717) is 17.9 Å². The van der Waals surface area contributed by atoms with Gasteiger partial charge in [-0.05, 0) is 42.4 Å². The molecule has 0 spiro atoms. The highest BCUT2D eigenvalue weighted by atomic mass is 16.5. The molecule has 0 aromatic rings. The molecule has 0 radical (unpaired) electrons. The summed E-state index contributed by atoms with van der Waals surface area (Å²) in [6.45, 7) is 5.17. The van der Waals surface area contributed by atoms with Gasteiger partial charge >= 0.3 is 5.97 Å². The number of carbonyl (C=O) groups is 1. The second-order valence-corrected chi connectivity index (χ2v) is 5.61. The van der Waals surface area contributed by atoms with Gasteiger partial charge in [0.15, 0.2) is 0 Å². The van der Waals surface area contributed by atoms with E-state index in [1.165, 1.54) is 19.3 Å². The summed E-state index contributed by atoms with van der Waals surface area (Å²) in [5, 5.41) is 8.50. The molecule has 0 aromatic carbocycles. The number of hydrogen-bond donors (Lipinski definition) is 1. The minimum Gasteiger partial charge on any atom is -0.480 e. The van der Waals surface area contributed by atoms with Gasteiger partial charge in [-0.25, -0.2) is 4.79 Å². The number of aliphatic carboxylic acids is 1. The Balaban J connectivity index is 1.81. The van der Waals surface area contributed by atoms with E-state index >= 15 is 0 Å². The average Bonchev–Trinajstić information content (AvgIpc) is 2.17. The van der Waals surface area contributed by atoms with Gasteiger partial charge in [0.25, 0.3) is 0 Å². The van der Waals surface area contributed by atoms with Gasteiger partial charge < -0.3 is 9.84 Å². The molecular formula is C12H20O3. The number of fused-ring (bicyclic) bond motifs is 2. The highest BCUT2D eigenvalue weighted by Crippen LogP contribution is 2.61. The van der Waals surface area contributed by atoms with E-state index < -0.39 is 5.97 Å². The lowest BCUT2D eigenvalue weighted by molar-refractivity contribution is -0.148.